The molecule has 0 saturated heterocycles. The fourth-order valence-corrected chi connectivity index (χ4v) is 5.77. The van der Waals surface area contributed by atoms with Crippen LogP contribution in [-0.2, 0) is 28.6 Å². The average molecular weight is 435 g/mol. The number of fused-ring (bicyclic) bond motifs is 1. The molecule has 5 atom stereocenters. The fraction of sp³-hybridized carbons (Fsp3) is 0.720. The summed E-state index contributed by atoms with van der Waals surface area (Å²) < 4.78 is 16.0. The first kappa shape index (κ1) is 25.2. The van der Waals surface area contributed by atoms with Crippen LogP contribution in [0.3, 0.4) is 0 Å². The Bertz CT molecular complexity index is 766. The van der Waals surface area contributed by atoms with E-state index >= 15 is 0 Å². The van der Waals surface area contributed by atoms with Gasteiger partial charge in [-0.3, -0.25) is 9.59 Å². The lowest BCUT2D eigenvalue weighted by atomic mass is 9.45. The molecular formula is C25H38O6. The molecule has 0 aromatic rings. The highest BCUT2D eigenvalue weighted by atomic mass is 16.5. The lowest BCUT2D eigenvalue weighted by Crippen LogP contribution is -2.58. The Kier molecular flexibility index (Phi) is 8.12. The van der Waals surface area contributed by atoms with Gasteiger partial charge in [0.2, 0.25) is 0 Å². The predicted molar refractivity (Wildman–Crippen MR) is 118 cm³/mol. The molecule has 2 aliphatic rings. The first-order valence-corrected chi connectivity index (χ1v) is 11.2. The summed E-state index contributed by atoms with van der Waals surface area (Å²) in [5.41, 5.74) is 1.18. The molecule has 0 spiro atoms. The topological polar surface area (TPSA) is 78.9 Å². The van der Waals surface area contributed by atoms with Crippen molar-refractivity contribution >= 4 is 17.9 Å². The highest BCUT2D eigenvalue weighted by molar-refractivity contribution is 5.90. The van der Waals surface area contributed by atoms with Crippen molar-refractivity contribution in [2.24, 2.45) is 22.7 Å². The lowest BCUT2D eigenvalue weighted by Gasteiger charge is -2.60. The molecule has 0 aromatic heterocycles. The minimum atomic E-state index is -0.590. The third-order valence-corrected chi connectivity index (χ3v) is 7.76. The number of carbonyl (C=O) groups is 3. The first-order valence-electron chi connectivity index (χ1n) is 11.2. The molecule has 174 valence electrons. The molecule has 6 nitrogen and oxygen atoms in total. The maximum absolute atomic E-state index is 12.7. The predicted octanol–water partition coefficient (Wildman–Crippen LogP) is 4.77. The van der Waals surface area contributed by atoms with Gasteiger partial charge in [0.05, 0.1) is 7.11 Å². The van der Waals surface area contributed by atoms with E-state index in [-0.39, 0.29) is 35.3 Å². The SMILES string of the molecule is COC(=O)C1=CCC[C@@H]2[C@@](C)(CC/C(C)=C/COC(C)=O)[C@H](C)C[C@H](OC(C)=O)[C@@]12C. The van der Waals surface area contributed by atoms with Crippen molar-refractivity contribution < 1.29 is 28.6 Å². The summed E-state index contributed by atoms with van der Waals surface area (Å²) >= 11 is 0. The van der Waals surface area contributed by atoms with Crippen molar-refractivity contribution in [3.8, 4) is 0 Å². The molecule has 6 heteroatoms. The van der Waals surface area contributed by atoms with E-state index in [1.807, 2.05) is 12.2 Å². The fourth-order valence-electron chi connectivity index (χ4n) is 5.77. The molecule has 31 heavy (non-hydrogen) atoms. The molecule has 2 aliphatic carbocycles. The molecule has 0 unspecified atom stereocenters. The summed E-state index contributed by atoms with van der Waals surface area (Å²) in [5, 5.41) is 0. The molecular weight excluding hydrogens is 396 g/mol. The molecule has 2 rings (SSSR count). The van der Waals surface area contributed by atoms with E-state index in [0.29, 0.717) is 24.5 Å². The number of allylic oxidation sites excluding steroid dienone is 2. The number of esters is 3. The van der Waals surface area contributed by atoms with Crippen LogP contribution in [0, 0.1) is 22.7 Å². The Balaban J connectivity index is 2.35. The number of rotatable bonds is 7. The smallest absolute Gasteiger partial charge is 0.334 e. The van der Waals surface area contributed by atoms with Gasteiger partial charge in [0, 0.05) is 24.8 Å². The number of carbonyl (C=O) groups excluding carboxylic acids is 3. The normalized spacial score (nSPS) is 33.1. The van der Waals surface area contributed by atoms with Gasteiger partial charge < -0.3 is 14.2 Å². The van der Waals surface area contributed by atoms with Crippen LogP contribution >= 0.6 is 0 Å². The van der Waals surface area contributed by atoms with Gasteiger partial charge in [-0.1, -0.05) is 32.4 Å². The van der Waals surface area contributed by atoms with E-state index in [1.165, 1.54) is 26.5 Å². The van der Waals surface area contributed by atoms with Crippen molar-refractivity contribution in [2.45, 2.75) is 79.8 Å². The van der Waals surface area contributed by atoms with Crippen molar-refractivity contribution in [3.63, 3.8) is 0 Å². The Morgan fingerprint density at radius 1 is 1.16 bits per heavy atom. The molecule has 0 N–H and O–H groups in total. The van der Waals surface area contributed by atoms with E-state index < -0.39 is 5.41 Å². The van der Waals surface area contributed by atoms with Crippen LogP contribution in [-0.4, -0.2) is 37.7 Å². The van der Waals surface area contributed by atoms with Crippen molar-refractivity contribution in [1.29, 1.82) is 0 Å². The van der Waals surface area contributed by atoms with E-state index in [9.17, 15) is 14.4 Å². The third kappa shape index (κ3) is 5.21. The monoisotopic (exact) mass is 434 g/mol. The van der Waals surface area contributed by atoms with Crippen LogP contribution < -0.4 is 0 Å². The first-order chi connectivity index (χ1) is 14.5. The second kappa shape index (κ2) is 10.0. The molecule has 1 fully saturated rings. The van der Waals surface area contributed by atoms with E-state index in [0.717, 1.165) is 25.7 Å². The summed E-state index contributed by atoms with van der Waals surface area (Å²) in [5.74, 6) is -0.450. The average Bonchev–Trinajstić information content (AvgIpc) is 2.69. The number of hydrogen-bond acceptors (Lipinski definition) is 6. The largest absolute Gasteiger partial charge is 0.466 e. The van der Waals surface area contributed by atoms with Crippen LogP contribution in [0.15, 0.2) is 23.3 Å². The molecule has 1 saturated carbocycles. The van der Waals surface area contributed by atoms with Crippen LogP contribution in [0.4, 0.5) is 0 Å². The number of ether oxygens (including phenoxy) is 3. The third-order valence-electron chi connectivity index (χ3n) is 7.76. The van der Waals surface area contributed by atoms with Crippen LogP contribution in [0.1, 0.15) is 73.6 Å². The van der Waals surface area contributed by atoms with Gasteiger partial charge >= 0.3 is 17.9 Å². The van der Waals surface area contributed by atoms with E-state index in [1.54, 1.807) is 0 Å². The summed E-state index contributed by atoms with van der Waals surface area (Å²) in [6.07, 6.45) is 7.84. The van der Waals surface area contributed by atoms with Gasteiger partial charge in [-0.15, -0.1) is 0 Å². The van der Waals surface area contributed by atoms with Gasteiger partial charge in [0.25, 0.3) is 0 Å². The van der Waals surface area contributed by atoms with Gasteiger partial charge in [0.15, 0.2) is 0 Å². The summed E-state index contributed by atoms with van der Waals surface area (Å²) in [6, 6.07) is 0. The molecule has 0 amide bonds. The van der Waals surface area contributed by atoms with Crippen molar-refractivity contribution in [1.82, 2.24) is 0 Å². The zero-order valence-corrected chi connectivity index (χ0v) is 20.1. The summed E-state index contributed by atoms with van der Waals surface area (Å²) in [7, 11) is 1.40. The zero-order valence-electron chi connectivity index (χ0n) is 20.1. The van der Waals surface area contributed by atoms with Gasteiger partial charge in [-0.05, 0) is 62.4 Å². The minimum absolute atomic E-state index is 0.0462. The van der Waals surface area contributed by atoms with Gasteiger partial charge in [-0.2, -0.15) is 0 Å². The lowest BCUT2D eigenvalue weighted by molar-refractivity contribution is -0.178. The van der Waals surface area contributed by atoms with E-state index in [4.69, 9.17) is 14.2 Å². The maximum atomic E-state index is 12.7. The summed E-state index contributed by atoms with van der Waals surface area (Å²) in [4.78, 5) is 35.6. The second-order valence-corrected chi connectivity index (χ2v) is 9.62. The van der Waals surface area contributed by atoms with Gasteiger partial charge in [0.1, 0.15) is 12.7 Å². The number of hydrogen-bond donors (Lipinski definition) is 0. The van der Waals surface area contributed by atoms with Crippen molar-refractivity contribution in [2.75, 3.05) is 13.7 Å². The van der Waals surface area contributed by atoms with E-state index in [2.05, 4.69) is 27.7 Å². The second-order valence-electron chi connectivity index (χ2n) is 9.62. The highest BCUT2D eigenvalue weighted by Crippen LogP contribution is 2.62. The van der Waals surface area contributed by atoms with Gasteiger partial charge in [-0.25, -0.2) is 4.79 Å². The quantitative estimate of drug-likeness (QED) is 0.326. The molecule has 0 heterocycles. The number of methoxy groups -OCH3 is 1. The Labute approximate surface area is 186 Å². The Hall–Kier alpha value is -2.11. The molecule has 0 aliphatic heterocycles. The Morgan fingerprint density at radius 2 is 1.84 bits per heavy atom. The highest BCUT2D eigenvalue weighted by Gasteiger charge is 2.60. The van der Waals surface area contributed by atoms with Crippen LogP contribution in [0.25, 0.3) is 0 Å². The van der Waals surface area contributed by atoms with Crippen LogP contribution in [0.2, 0.25) is 0 Å². The van der Waals surface area contributed by atoms with Crippen molar-refractivity contribution in [3.05, 3.63) is 23.3 Å². The van der Waals surface area contributed by atoms with Crippen LogP contribution in [0.5, 0.6) is 0 Å². The standard InChI is InChI=1S/C25H38O6/c1-16(12-14-30-18(3)26)11-13-24(5)17(2)15-22(31-19(4)27)25(6)20(23(28)29-7)9-8-10-21(24)25/h9,12,17,21-22H,8,10-11,13-15H2,1-7H3/b16-12+/t17-,21-,22+,24+,25+/m1/s1. The summed E-state index contributed by atoms with van der Waals surface area (Å²) in [6.45, 7) is 11.8. The zero-order chi connectivity index (χ0) is 23.4. The minimum Gasteiger partial charge on any atom is -0.466 e. The molecule has 0 aromatic carbocycles. The molecule has 0 bridgehead atoms. The molecule has 0 radical (unpaired) electrons. The Morgan fingerprint density at radius 3 is 2.42 bits per heavy atom. The maximum Gasteiger partial charge on any atom is 0.334 e.